The maximum atomic E-state index is 13.4. The zero-order chi connectivity index (χ0) is 13.7. The maximum Gasteiger partial charge on any atom is 0.163 e. The van der Waals surface area contributed by atoms with Crippen molar-refractivity contribution in [3.63, 3.8) is 0 Å². The molecule has 1 N–H and O–H groups in total. The fourth-order valence-corrected chi connectivity index (χ4v) is 1.47. The number of allylic oxidation sites excluding steroid dienone is 2. The van der Waals surface area contributed by atoms with Crippen molar-refractivity contribution in [1.29, 1.82) is 15.8 Å². The first-order valence-electron chi connectivity index (χ1n) is 4.39. The van der Waals surface area contributed by atoms with E-state index >= 15 is 0 Å². The summed E-state index contributed by atoms with van der Waals surface area (Å²) in [6, 6.07) is 6.38. The van der Waals surface area contributed by atoms with Crippen LogP contribution in [0.5, 0.6) is 0 Å². The number of hydrogen-bond donors (Lipinski definition) is 1. The molecule has 0 bridgehead atoms. The average Bonchev–Trinajstić information content (AvgIpc) is 2.32. The molecule has 18 heavy (non-hydrogen) atoms. The molecule has 0 aromatic heterocycles. The zero-order valence-corrected chi connectivity index (χ0v) is 10.2. The number of nitrogens with one attached hydrogen (secondary N) is 1. The fraction of sp³-hybridized carbons (Fsp3) is 0. The van der Waals surface area contributed by atoms with Gasteiger partial charge in [-0.1, -0.05) is 15.9 Å². The Hall–Kier alpha value is -2.43. The van der Waals surface area contributed by atoms with Gasteiger partial charge in [0.25, 0.3) is 0 Å². The molecule has 0 aliphatic heterocycles. The number of nitriles is 3. The Kier molecular flexibility index (Phi) is 4.37. The minimum Gasteiger partial charge on any atom is -0.340 e. The first-order valence-corrected chi connectivity index (χ1v) is 5.19. The third-order valence-electron chi connectivity index (χ3n) is 1.84. The van der Waals surface area contributed by atoms with Gasteiger partial charge in [0.05, 0.1) is 0 Å². The summed E-state index contributed by atoms with van der Waals surface area (Å²) in [7, 11) is 0. The number of benzene rings is 1. The monoisotopic (exact) mass is 308 g/mol. The summed E-state index contributed by atoms with van der Waals surface area (Å²) in [4.78, 5) is 0. The number of hydrogen-bond acceptors (Lipinski definition) is 4. The summed E-state index contributed by atoms with van der Waals surface area (Å²) in [6.45, 7) is 0. The van der Waals surface area contributed by atoms with Gasteiger partial charge in [-0.2, -0.15) is 15.8 Å². The van der Waals surface area contributed by atoms with Gasteiger partial charge < -0.3 is 5.32 Å². The van der Waals surface area contributed by atoms with Crippen LogP contribution in [0, 0.1) is 45.6 Å². The van der Waals surface area contributed by atoms with Crippen molar-refractivity contribution >= 4 is 21.6 Å². The third-order valence-corrected chi connectivity index (χ3v) is 2.30. The van der Waals surface area contributed by atoms with E-state index in [0.717, 1.165) is 12.1 Å². The molecule has 0 unspecified atom stereocenters. The molecular weight excluding hydrogens is 306 g/mol. The highest BCUT2D eigenvalue weighted by atomic mass is 79.9. The van der Waals surface area contributed by atoms with Crippen LogP contribution in [-0.4, -0.2) is 0 Å². The van der Waals surface area contributed by atoms with E-state index in [0.29, 0.717) is 0 Å². The largest absolute Gasteiger partial charge is 0.340 e. The SMILES string of the molecule is N#CC(C#N)=C(C#N)Nc1c(F)cc(Br)cc1F. The molecule has 0 amide bonds. The van der Waals surface area contributed by atoms with Gasteiger partial charge in [0.1, 0.15) is 29.6 Å². The molecular formula is C11H3BrF2N4. The van der Waals surface area contributed by atoms with Crippen LogP contribution in [0.2, 0.25) is 0 Å². The second-order valence-electron chi connectivity index (χ2n) is 2.95. The van der Waals surface area contributed by atoms with Gasteiger partial charge in [0, 0.05) is 4.47 Å². The number of rotatable bonds is 2. The van der Waals surface area contributed by atoms with E-state index in [2.05, 4.69) is 21.2 Å². The third kappa shape index (κ3) is 2.82. The zero-order valence-electron chi connectivity index (χ0n) is 8.63. The molecule has 1 aromatic rings. The summed E-state index contributed by atoms with van der Waals surface area (Å²) >= 11 is 2.90. The van der Waals surface area contributed by atoms with E-state index in [-0.39, 0.29) is 4.47 Å². The first kappa shape index (κ1) is 13.6. The first-order chi connectivity index (χ1) is 8.53. The van der Waals surface area contributed by atoms with E-state index in [9.17, 15) is 8.78 Å². The molecule has 1 rings (SSSR count). The molecule has 4 nitrogen and oxygen atoms in total. The smallest absolute Gasteiger partial charge is 0.163 e. The molecule has 1 aromatic carbocycles. The Morgan fingerprint density at radius 1 is 1.06 bits per heavy atom. The van der Waals surface area contributed by atoms with Crippen LogP contribution in [-0.2, 0) is 0 Å². The maximum absolute atomic E-state index is 13.4. The van der Waals surface area contributed by atoms with Crippen LogP contribution in [0.1, 0.15) is 0 Å². The van der Waals surface area contributed by atoms with Crippen LogP contribution in [0.25, 0.3) is 0 Å². The number of anilines is 1. The highest BCUT2D eigenvalue weighted by Crippen LogP contribution is 2.25. The number of nitrogens with zero attached hydrogens (tertiary/aromatic N) is 3. The standard InChI is InChI=1S/C11H3BrF2N4/c12-7-1-8(13)11(9(14)2-7)18-10(5-17)6(3-15)4-16/h1-2,18H. The normalized spacial score (nSPS) is 8.67. The van der Waals surface area contributed by atoms with E-state index < -0.39 is 28.6 Å². The van der Waals surface area contributed by atoms with E-state index in [1.165, 1.54) is 18.2 Å². The summed E-state index contributed by atoms with van der Waals surface area (Å²) in [6.07, 6.45) is 0. The van der Waals surface area contributed by atoms with Crippen molar-refractivity contribution in [2.24, 2.45) is 0 Å². The van der Waals surface area contributed by atoms with Gasteiger partial charge in [-0.15, -0.1) is 0 Å². The molecule has 0 atom stereocenters. The predicted octanol–water partition coefficient (Wildman–Crippen LogP) is 2.96. The lowest BCUT2D eigenvalue weighted by atomic mass is 10.2. The van der Waals surface area contributed by atoms with Crippen LogP contribution in [0.4, 0.5) is 14.5 Å². The molecule has 0 aliphatic carbocycles. The van der Waals surface area contributed by atoms with Crippen molar-refractivity contribution < 1.29 is 8.78 Å². The summed E-state index contributed by atoms with van der Waals surface area (Å²) < 4.78 is 27.1. The summed E-state index contributed by atoms with van der Waals surface area (Å²) in [5, 5.41) is 28.0. The van der Waals surface area contributed by atoms with Crippen LogP contribution in [0.3, 0.4) is 0 Å². The van der Waals surface area contributed by atoms with Crippen molar-refractivity contribution in [3.8, 4) is 18.2 Å². The van der Waals surface area contributed by atoms with Crippen molar-refractivity contribution in [2.45, 2.75) is 0 Å². The Morgan fingerprint density at radius 3 is 1.94 bits per heavy atom. The molecule has 88 valence electrons. The lowest BCUT2D eigenvalue weighted by Gasteiger charge is -2.07. The van der Waals surface area contributed by atoms with Gasteiger partial charge in [0.15, 0.2) is 17.2 Å². The van der Waals surface area contributed by atoms with Crippen LogP contribution < -0.4 is 5.32 Å². The molecule has 0 heterocycles. The predicted molar refractivity (Wildman–Crippen MR) is 61.5 cm³/mol. The Balaban J connectivity index is 3.30. The molecule has 0 saturated heterocycles. The van der Waals surface area contributed by atoms with Crippen LogP contribution in [0.15, 0.2) is 27.9 Å². The Labute approximate surface area is 109 Å². The van der Waals surface area contributed by atoms with E-state index in [1.807, 2.05) is 0 Å². The molecule has 0 spiro atoms. The van der Waals surface area contributed by atoms with Gasteiger partial charge in [-0.25, -0.2) is 8.78 Å². The van der Waals surface area contributed by atoms with Gasteiger partial charge in [0.2, 0.25) is 0 Å². The summed E-state index contributed by atoms with van der Waals surface area (Å²) in [5.74, 6) is -1.91. The second kappa shape index (κ2) is 5.77. The molecule has 0 fully saturated rings. The summed E-state index contributed by atoms with van der Waals surface area (Å²) in [5.41, 5.74) is -1.67. The highest BCUT2D eigenvalue weighted by Gasteiger charge is 2.14. The van der Waals surface area contributed by atoms with E-state index in [1.54, 1.807) is 0 Å². The fourth-order valence-electron chi connectivity index (χ4n) is 1.07. The Morgan fingerprint density at radius 2 is 1.56 bits per heavy atom. The van der Waals surface area contributed by atoms with Crippen LogP contribution >= 0.6 is 15.9 Å². The van der Waals surface area contributed by atoms with Gasteiger partial charge in [-0.05, 0) is 12.1 Å². The second-order valence-corrected chi connectivity index (χ2v) is 3.87. The lowest BCUT2D eigenvalue weighted by Crippen LogP contribution is -2.05. The minimum absolute atomic E-state index is 0.186. The van der Waals surface area contributed by atoms with E-state index in [4.69, 9.17) is 15.8 Å². The molecule has 0 aliphatic rings. The van der Waals surface area contributed by atoms with Gasteiger partial charge >= 0.3 is 0 Å². The average molecular weight is 309 g/mol. The van der Waals surface area contributed by atoms with Gasteiger partial charge in [-0.3, -0.25) is 0 Å². The molecule has 7 heteroatoms. The topological polar surface area (TPSA) is 83.4 Å². The Bertz CT molecular complexity index is 607. The van der Waals surface area contributed by atoms with Crippen molar-refractivity contribution in [1.82, 2.24) is 0 Å². The molecule has 0 saturated carbocycles. The van der Waals surface area contributed by atoms with Crippen molar-refractivity contribution in [2.75, 3.05) is 5.32 Å². The molecule has 0 radical (unpaired) electrons. The lowest BCUT2D eigenvalue weighted by molar-refractivity contribution is 0.589. The highest BCUT2D eigenvalue weighted by molar-refractivity contribution is 9.10. The minimum atomic E-state index is -0.954. The number of halogens is 3. The quantitative estimate of drug-likeness (QED) is 0.851. The van der Waals surface area contributed by atoms with Crippen molar-refractivity contribution in [3.05, 3.63) is 39.5 Å².